The van der Waals surface area contributed by atoms with Crippen LogP contribution in [0.25, 0.3) is 0 Å². The first-order valence-corrected chi connectivity index (χ1v) is 9.45. The predicted octanol–water partition coefficient (Wildman–Crippen LogP) is 2.91. The minimum Gasteiger partial charge on any atom is -0.469 e. The lowest BCUT2D eigenvalue weighted by Gasteiger charge is -2.36. The average Bonchev–Trinajstić information content (AvgIpc) is 3.30. The number of aryl methyl sites for hydroxylation is 1. The van der Waals surface area contributed by atoms with Gasteiger partial charge in [-0.05, 0) is 25.5 Å². The minimum atomic E-state index is 0. The molecule has 150 valence electrons. The number of aromatic nitrogens is 1. The summed E-state index contributed by atoms with van der Waals surface area (Å²) >= 11 is 0. The zero-order valence-electron chi connectivity index (χ0n) is 16.2. The Morgan fingerprint density at radius 1 is 1.30 bits per heavy atom. The Balaban J connectivity index is 0.00000261. The van der Waals surface area contributed by atoms with Crippen LogP contribution in [0.1, 0.15) is 30.6 Å². The Hall–Kier alpha value is -1.55. The molecule has 0 amide bonds. The lowest BCUT2D eigenvalue weighted by Crippen LogP contribution is -2.52. The highest BCUT2D eigenvalue weighted by Crippen LogP contribution is 2.09. The van der Waals surface area contributed by atoms with Gasteiger partial charge in [-0.1, -0.05) is 12.1 Å². The monoisotopic (exact) mass is 487 g/mol. The van der Waals surface area contributed by atoms with Crippen LogP contribution < -0.4 is 5.32 Å². The Morgan fingerprint density at radius 2 is 2.11 bits per heavy atom. The zero-order valence-corrected chi connectivity index (χ0v) is 18.5. The molecule has 0 radical (unpaired) electrons. The van der Waals surface area contributed by atoms with Gasteiger partial charge in [-0.3, -0.25) is 9.89 Å². The van der Waals surface area contributed by atoms with Gasteiger partial charge in [0.1, 0.15) is 11.5 Å². The van der Waals surface area contributed by atoms with Crippen molar-refractivity contribution in [1.29, 1.82) is 0 Å². The highest BCUT2D eigenvalue weighted by atomic mass is 127. The highest BCUT2D eigenvalue weighted by Gasteiger charge is 2.20. The van der Waals surface area contributed by atoms with Crippen molar-refractivity contribution in [2.45, 2.75) is 33.2 Å². The van der Waals surface area contributed by atoms with E-state index in [-0.39, 0.29) is 24.0 Å². The molecule has 2 aromatic heterocycles. The normalized spacial score (nSPS) is 15.6. The number of hydrogen-bond acceptors (Lipinski definition) is 5. The molecule has 0 aliphatic carbocycles. The first-order valence-electron chi connectivity index (χ1n) is 9.45. The molecule has 0 unspecified atom stereocenters. The van der Waals surface area contributed by atoms with Gasteiger partial charge < -0.3 is 19.2 Å². The van der Waals surface area contributed by atoms with E-state index < -0.39 is 0 Å². The van der Waals surface area contributed by atoms with Crippen molar-refractivity contribution in [3.05, 3.63) is 41.7 Å². The molecule has 0 bridgehead atoms. The van der Waals surface area contributed by atoms with E-state index in [0.29, 0.717) is 0 Å². The first kappa shape index (κ1) is 21.7. The summed E-state index contributed by atoms with van der Waals surface area (Å²) in [4.78, 5) is 9.51. The number of piperazine rings is 1. The van der Waals surface area contributed by atoms with E-state index in [9.17, 15) is 0 Å². The number of nitrogens with one attached hydrogen (secondary N) is 1. The SMILES string of the molecule is CCCN=C(NCCc1ccco1)N1CCN(Cc2cc(C)on2)CC1.I. The van der Waals surface area contributed by atoms with Crippen LogP contribution in [0.4, 0.5) is 0 Å². The summed E-state index contributed by atoms with van der Waals surface area (Å²) in [5.41, 5.74) is 1.01. The summed E-state index contributed by atoms with van der Waals surface area (Å²) in [6, 6.07) is 5.95. The van der Waals surface area contributed by atoms with Crippen molar-refractivity contribution in [3.8, 4) is 0 Å². The molecule has 3 rings (SSSR count). The third-order valence-electron chi connectivity index (χ3n) is 4.45. The van der Waals surface area contributed by atoms with Crippen LogP contribution in [-0.4, -0.2) is 60.2 Å². The molecule has 1 aliphatic heterocycles. The number of guanidine groups is 1. The van der Waals surface area contributed by atoms with E-state index in [1.807, 2.05) is 25.1 Å². The molecule has 0 atom stereocenters. The van der Waals surface area contributed by atoms with Gasteiger partial charge in [-0.25, -0.2) is 0 Å². The lowest BCUT2D eigenvalue weighted by atomic mass is 10.3. The fourth-order valence-electron chi connectivity index (χ4n) is 3.08. The molecule has 7 nitrogen and oxygen atoms in total. The molecule has 0 spiro atoms. The summed E-state index contributed by atoms with van der Waals surface area (Å²) in [6.07, 6.45) is 3.63. The molecule has 2 aromatic rings. The Bertz CT molecular complexity index is 678. The summed E-state index contributed by atoms with van der Waals surface area (Å²) < 4.78 is 10.6. The summed E-state index contributed by atoms with van der Waals surface area (Å²) in [7, 11) is 0. The molecular formula is C19H30IN5O2. The second-order valence-corrected chi connectivity index (χ2v) is 6.65. The summed E-state index contributed by atoms with van der Waals surface area (Å²) in [5.74, 6) is 2.88. The fraction of sp³-hybridized carbons (Fsp3) is 0.579. The van der Waals surface area contributed by atoms with Crippen LogP contribution in [0.15, 0.2) is 38.4 Å². The van der Waals surface area contributed by atoms with E-state index >= 15 is 0 Å². The van der Waals surface area contributed by atoms with Gasteiger partial charge in [0.2, 0.25) is 0 Å². The largest absolute Gasteiger partial charge is 0.469 e. The van der Waals surface area contributed by atoms with Crippen molar-refractivity contribution < 1.29 is 8.94 Å². The molecule has 0 saturated carbocycles. The molecule has 1 saturated heterocycles. The Labute approximate surface area is 178 Å². The van der Waals surface area contributed by atoms with Gasteiger partial charge in [0.05, 0.1) is 12.0 Å². The lowest BCUT2D eigenvalue weighted by molar-refractivity contribution is 0.169. The number of furan rings is 1. The van der Waals surface area contributed by atoms with Crippen molar-refractivity contribution in [2.24, 2.45) is 4.99 Å². The molecule has 0 aromatic carbocycles. The van der Waals surface area contributed by atoms with Crippen LogP contribution in [-0.2, 0) is 13.0 Å². The maximum Gasteiger partial charge on any atom is 0.194 e. The van der Waals surface area contributed by atoms with E-state index in [2.05, 4.69) is 27.2 Å². The molecule has 1 fully saturated rings. The second kappa shape index (κ2) is 11.3. The number of halogens is 1. The van der Waals surface area contributed by atoms with Crippen molar-refractivity contribution >= 4 is 29.9 Å². The predicted molar refractivity (Wildman–Crippen MR) is 117 cm³/mol. The molecule has 27 heavy (non-hydrogen) atoms. The Kier molecular flexibility index (Phi) is 9.12. The number of hydrogen-bond donors (Lipinski definition) is 1. The fourth-order valence-corrected chi connectivity index (χ4v) is 3.08. The van der Waals surface area contributed by atoms with Crippen molar-refractivity contribution in [2.75, 3.05) is 39.3 Å². The molecular weight excluding hydrogens is 457 g/mol. The van der Waals surface area contributed by atoms with Crippen LogP contribution in [0.5, 0.6) is 0 Å². The Morgan fingerprint density at radius 3 is 2.74 bits per heavy atom. The average molecular weight is 487 g/mol. The maximum atomic E-state index is 5.40. The summed E-state index contributed by atoms with van der Waals surface area (Å²) in [6.45, 7) is 10.5. The quantitative estimate of drug-likeness (QED) is 0.368. The van der Waals surface area contributed by atoms with E-state index in [1.54, 1.807) is 6.26 Å². The maximum absolute atomic E-state index is 5.40. The van der Waals surface area contributed by atoms with Gasteiger partial charge in [0, 0.05) is 58.3 Å². The highest BCUT2D eigenvalue weighted by molar-refractivity contribution is 14.0. The van der Waals surface area contributed by atoms with Gasteiger partial charge in [0.25, 0.3) is 0 Å². The zero-order chi connectivity index (χ0) is 18.2. The van der Waals surface area contributed by atoms with Gasteiger partial charge in [0.15, 0.2) is 5.96 Å². The van der Waals surface area contributed by atoms with Crippen LogP contribution in [0.3, 0.4) is 0 Å². The molecule has 1 N–H and O–H groups in total. The van der Waals surface area contributed by atoms with Crippen LogP contribution >= 0.6 is 24.0 Å². The minimum absolute atomic E-state index is 0. The second-order valence-electron chi connectivity index (χ2n) is 6.65. The third-order valence-corrected chi connectivity index (χ3v) is 4.45. The van der Waals surface area contributed by atoms with Crippen molar-refractivity contribution in [3.63, 3.8) is 0 Å². The summed E-state index contributed by atoms with van der Waals surface area (Å²) in [5, 5.41) is 7.59. The van der Waals surface area contributed by atoms with Gasteiger partial charge in [-0.2, -0.15) is 0 Å². The molecule has 1 aliphatic rings. The van der Waals surface area contributed by atoms with Crippen LogP contribution in [0, 0.1) is 6.92 Å². The first-order chi connectivity index (χ1) is 12.7. The van der Waals surface area contributed by atoms with Gasteiger partial charge in [-0.15, -0.1) is 24.0 Å². The van der Waals surface area contributed by atoms with E-state index in [4.69, 9.17) is 13.9 Å². The molecule has 3 heterocycles. The topological polar surface area (TPSA) is 70.0 Å². The third kappa shape index (κ3) is 6.84. The number of nitrogens with zero attached hydrogens (tertiary/aromatic N) is 4. The standard InChI is InChI=1S/C19H29N5O2.HI/c1-3-7-20-19(21-8-6-18-5-4-13-25-18)24-11-9-23(10-12-24)15-17-14-16(2)26-22-17;/h4-5,13-14H,3,6-12,15H2,1-2H3,(H,20,21);1H. The number of aliphatic imine (C=N–C) groups is 1. The van der Waals surface area contributed by atoms with E-state index in [0.717, 1.165) is 81.8 Å². The number of rotatable bonds is 7. The smallest absolute Gasteiger partial charge is 0.194 e. The molecule has 8 heteroatoms. The van der Waals surface area contributed by atoms with E-state index in [1.165, 1.54) is 0 Å². The van der Waals surface area contributed by atoms with Crippen molar-refractivity contribution in [1.82, 2.24) is 20.3 Å². The van der Waals surface area contributed by atoms with Crippen LogP contribution in [0.2, 0.25) is 0 Å². The van der Waals surface area contributed by atoms with Gasteiger partial charge >= 0.3 is 0 Å².